The zero-order chi connectivity index (χ0) is 20.6. The molecule has 148 valence electrons. The Bertz CT molecular complexity index is 1300. The Balaban J connectivity index is 1.74. The Morgan fingerprint density at radius 3 is 2.13 bits per heavy atom. The average Bonchev–Trinajstić information content (AvgIpc) is 3.35. The summed E-state index contributed by atoms with van der Waals surface area (Å²) in [5, 5.41) is 0. The molecule has 6 rings (SSSR count). The lowest BCUT2D eigenvalue weighted by molar-refractivity contribution is -0.369. The van der Waals surface area contributed by atoms with Gasteiger partial charge in [-0.15, -0.1) is 0 Å². The van der Waals surface area contributed by atoms with E-state index >= 15 is 0 Å². The Morgan fingerprint density at radius 2 is 1.47 bits per heavy atom. The number of para-hydroxylation sites is 2. The lowest BCUT2D eigenvalue weighted by Gasteiger charge is -2.39. The van der Waals surface area contributed by atoms with Gasteiger partial charge in [-0.05, 0) is 55.8 Å². The third-order valence-electron chi connectivity index (χ3n) is 6.44. The van der Waals surface area contributed by atoms with Crippen LogP contribution in [-0.2, 0) is 0 Å². The predicted octanol–water partition coefficient (Wildman–Crippen LogP) is 5.07. The van der Waals surface area contributed by atoms with Gasteiger partial charge in [0, 0.05) is 24.3 Å². The monoisotopic (exact) mass is 394 g/mol. The third-order valence-corrected chi connectivity index (χ3v) is 6.44. The van der Waals surface area contributed by atoms with Crippen molar-refractivity contribution in [1.29, 1.82) is 0 Å². The van der Waals surface area contributed by atoms with Gasteiger partial charge in [0.15, 0.2) is 5.70 Å². The highest BCUT2D eigenvalue weighted by molar-refractivity contribution is 6.62. The average molecular weight is 394 g/mol. The summed E-state index contributed by atoms with van der Waals surface area (Å²) in [5.74, 6) is 1.57. The second kappa shape index (κ2) is 5.79. The third kappa shape index (κ3) is 2.04. The van der Waals surface area contributed by atoms with E-state index in [1.807, 2.05) is 24.3 Å². The summed E-state index contributed by atoms with van der Waals surface area (Å²) in [6.45, 7) is 6.62. The van der Waals surface area contributed by atoms with Crippen LogP contribution in [0, 0.1) is 13.8 Å². The van der Waals surface area contributed by atoms with E-state index in [4.69, 9.17) is 9.31 Å². The number of nitrogens with zero attached hydrogens (tertiary/aromatic N) is 2. The molecule has 30 heavy (non-hydrogen) atoms. The van der Waals surface area contributed by atoms with Crippen LogP contribution in [0.3, 0.4) is 0 Å². The summed E-state index contributed by atoms with van der Waals surface area (Å²) < 4.78 is 18.0. The van der Waals surface area contributed by atoms with Crippen molar-refractivity contribution in [2.75, 3.05) is 0 Å². The predicted molar refractivity (Wildman–Crippen MR) is 120 cm³/mol. The van der Waals surface area contributed by atoms with Crippen molar-refractivity contribution < 1.29 is 13.8 Å². The largest absolute Gasteiger partial charge is 0.780 e. The van der Waals surface area contributed by atoms with Gasteiger partial charge in [0.1, 0.15) is 17.2 Å². The molecular formula is C25H23BN2O2. The lowest BCUT2D eigenvalue weighted by atomic mass is 9.78. The minimum Gasteiger partial charge on any atom is -0.599 e. The Kier molecular flexibility index (Phi) is 3.36. The molecule has 1 spiro atoms. The second-order valence-corrected chi connectivity index (χ2v) is 8.43. The van der Waals surface area contributed by atoms with E-state index in [2.05, 4.69) is 79.1 Å². The quantitative estimate of drug-likeness (QED) is 0.539. The molecule has 1 aromatic heterocycles. The van der Waals surface area contributed by atoms with Crippen LogP contribution in [0.15, 0.2) is 78.0 Å². The van der Waals surface area contributed by atoms with Crippen LogP contribution >= 0.6 is 0 Å². The summed E-state index contributed by atoms with van der Waals surface area (Å²) in [7, 11) is 0. The highest BCUT2D eigenvalue weighted by Gasteiger charge is 2.62. The number of allylic oxidation sites excluding steroid dienone is 2. The molecular weight excluding hydrogens is 371 g/mol. The molecule has 3 aromatic rings. The van der Waals surface area contributed by atoms with E-state index in [-0.39, 0.29) is 0 Å². The maximum atomic E-state index is 6.71. The number of aromatic nitrogens is 1. The standard InChI is InChI=1S/C25H23BN2O2/c1-16-14-18(3)27-24(16)23(20-10-6-5-7-11-20)25-17(2)15-19(4)28(25)26(27)29-21-12-8-9-13-22(21)30-26/h5-15H,1-4H3. The highest BCUT2D eigenvalue weighted by Crippen LogP contribution is 2.48. The van der Waals surface area contributed by atoms with E-state index in [1.165, 1.54) is 33.7 Å². The van der Waals surface area contributed by atoms with Crippen molar-refractivity contribution in [2.45, 2.75) is 27.7 Å². The maximum Gasteiger partial charge on any atom is 0.780 e. The molecule has 0 unspecified atom stereocenters. The number of hydrogen-bond acceptors (Lipinski definition) is 2. The van der Waals surface area contributed by atoms with Crippen LogP contribution in [0.1, 0.15) is 36.4 Å². The van der Waals surface area contributed by atoms with Gasteiger partial charge >= 0.3 is 6.82 Å². The van der Waals surface area contributed by atoms with Crippen LogP contribution in [0.4, 0.5) is 0 Å². The van der Waals surface area contributed by atoms with Gasteiger partial charge in [-0.25, -0.2) is 0 Å². The molecule has 0 saturated carbocycles. The fraction of sp³-hybridized carbons (Fsp3) is 0.160. The van der Waals surface area contributed by atoms with Gasteiger partial charge in [0.2, 0.25) is 0 Å². The lowest BCUT2D eigenvalue weighted by Crippen LogP contribution is -2.65. The van der Waals surface area contributed by atoms with Crippen molar-refractivity contribution in [3.8, 4) is 11.5 Å². The molecule has 4 heterocycles. The van der Waals surface area contributed by atoms with E-state index in [1.54, 1.807) is 0 Å². The van der Waals surface area contributed by atoms with Gasteiger partial charge < -0.3 is 18.3 Å². The summed E-state index contributed by atoms with van der Waals surface area (Å²) >= 11 is 0. The first-order valence-corrected chi connectivity index (χ1v) is 10.4. The second-order valence-electron chi connectivity index (χ2n) is 8.43. The number of hydrogen-bond donors (Lipinski definition) is 0. The van der Waals surface area contributed by atoms with Crippen molar-refractivity contribution in [3.05, 3.63) is 101 Å². The molecule has 0 radical (unpaired) electrons. The molecule has 2 aromatic carbocycles. The van der Waals surface area contributed by atoms with Crippen LogP contribution in [0.5, 0.6) is 11.5 Å². The van der Waals surface area contributed by atoms with Crippen LogP contribution in [0.2, 0.25) is 0 Å². The minimum atomic E-state index is -1.99. The molecule has 0 saturated heterocycles. The van der Waals surface area contributed by atoms with E-state index < -0.39 is 6.82 Å². The molecule has 0 amide bonds. The fourth-order valence-electron chi connectivity index (χ4n) is 5.43. The Labute approximate surface area is 176 Å². The van der Waals surface area contributed by atoms with Crippen LogP contribution < -0.4 is 9.31 Å². The normalized spacial score (nSPS) is 18.1. The van der Waals surface area contributed by atoms with Crippen molar-refractivity contribution in [2.24, 2.45) is 0 Å². The van der Waals surface area contributed by atoms with Crippen molar-refractivity contribution in [3.63, 3.8) is 0 Å². The first kappa shape index (κ1) is 17.4. The van der Waals surface area contributed by atoms with E-state index in [0.29, 0.717) is 0 Å². The highest BCUT2D eigenvalue weighted by atomic mass is 16.7. The SMILES string of the molecule is CC1=CC(C)=[N+]2C1=C(c1ccccc1)c1c(C)cc(C)n1[B-]21Oc2ccccc2O1. The molecule has 5 heteroatoms. The first-order valence-electron chi connectivity index (χ1n) is 10.4. The zero-order valence-electron chi connectivity index (χ0n) is 17.6. The topological polar surface area (TPSA) is 26.4 Å². The Hall–Kier alpha value is -3.47. The summed E-state index contributed by atoms with van der Waals surface area (Å²) in [5.41, 5.74) is 9.45. The van der Waals surface area contributed by atoms with Gasteiger partial charge in [-0.1, -0.05) is 42.5 Å². The summed E-state index contributed by atoms with van der Waals surface area (Å²) in [6, 6.07) is 20.8. The number of benzene rings is 2. The molecule has 0 bridgehead atoms. The molecule has 3 aliphatic heterocycles. The molecule has 3 aliphatic rings. The van der Waals surface area contributed by atoms with Crippen LogP contribution in [-0.4, -0.2) is 21.5 Å². The Morgan fingerprint density at radius 1 is 0.833 bits per heavy atom. The first-order chi connectivity index (χ1) is 14.5. The van der Waals surface area contributed by atoms with Gasteiger partial charge in [-0.2, -0.15) is 0 Å². The maximum absolute atomic E-state index is 6.71. The minimum absolute atomic E-state index is 0.786. The van der Waals surface area contributed by atoms with Crippen LogP contribution in [0.25, 0.3) is 5.57 Å². The number of fused-ring (bicyclic) bond motifs is 5. The number of aryl methyl sites for hydroxylation is 2. The fourth-order valence-corrected chi connectivity index (χ4v) is 5.43. The molecule has 4 nitrogen and oxygen atoms in total. The van der Waals surface area contributed by atoms with E-state index in [9.17, 15) is 0 Å². The smallest absolute Gasteiger partial charge is 0.599 e. The van der Waals surface area contributed by atoms with Gasteiger partial charge in [-0.3, -0.25) is 0 Å². The molecule has 0 atom stereocenters. The molecule has 0 aliphatic carbocycles. The molecule has 0 fully saturated rings. The van der Waals surface area contributed by atoms with Crippen molar-refractivity contribution >= 4 is 18.1 Å². The summed E-state index contributed by atoms with van der Waals surface area (Å²) in [6.07, 6.45) is 2.23. The van der Waals surface area contributed by atoms with Gasteiger partial charge in [0.05, 0.1) is 5.57 Å². The molecule has 0 N–H and O–H groups in total. The van der Waals surface area contributed by atoms with E-state index in [0.717, 1.165) is 22.9 Å². The number of rotatable bonds is 1. The summed E-state index contributed by atoms with van der Waals surface area (Å²) in [4.78, 5) is 0. The van der Waals surface area contributed by atoms with Crippen molar-refractivity contribution in [1.82, 2.24) is 4.48 Å². The van der Waals surface area contributed by atoms with Gasteiger partial charge in [0.25, 0.3) is 0 Å². The zero-order valence-corrected chi connectivity index (χ0v) is 17.6.